The summed E-state index contributed by atoms with van der Waals surface area (Å²) >= 11 is 0. The number of carbonyl (C=O) groups is 3. The number of benzene rings is 1. The van der Waals surface area contributed by atoms with E-state index in [1.165, 1.54) is 26.0 Å². The predicted molar refractivity (Wildman–Crippen MR) is 77.4 cm³/mol. The van der Waals surface area contributed by atoms with Gasteiger partial charge < -0.3 is 15.1 Å². The molecule has 0 fully saturated rings. The molecule has 6 heteroatoms. The van der Waals surface area contributed by atoms with Crippen LogP contribution < -0.4 is 10.6 Å². The van der Waals surface area contributed by atoms with Crippen molar-refractivity contribution in [2.24, 2.45) is 0 Å². The Labute approximate surface area is 121 Å². The van der Waals surface area contributed by atoms with Crippen LogP contribution in [-0.2, 0) is 4.79 Å². The number of carbonyl (C=O) groups excluding carboxylic acids is 3. The third kappa shape index (κ3) is 3.79. The van der Waals surface area contributed by atoms with Crippen molar-refractivity contribution < 1.29 is 18.8 Å². The lowest BCUT2D eigenvalue weighted by molar-refractivity contribution is -0.114. The SMILES string of the molecule is CC(=O)Nc1ccc(NC(=O)c2ccc(C(C)=O)o2)cc1. The van der Waals surface area contributed by atoms with Gasteiger partial charge in [0.1, 0.15) is 0 Å². The van der Waals surface area contributed by atoms with Gasteiger partial charge in [-0.25, -0.2) is 0 Å². The highest BCUT2D eigenvalue weighted by Crippen LogP contribution is 2.16. The Balaban J connectivity index is 2.04. The molecular formula is C15H14N2O4. The Hall–Kier alpha value is -2.89. The second-order valence-corrected chi connectivity index (χ2v) is 4.43. The minimum Gasteiger partial charge on any atom is -0.448 e. The third-order valence-electron chi connectivity index (χ3n) is 2.64. The molecule has 6 nitrogen and oxygen atoms in total. The van der Waals surface area contributed by atoms with Crippen molar-refractivity contribution >= 4 is 29.0 Å². The zero-order chi connectivity index (χ0) is 15.4. The van der Waals surface area contributed by atoms with E-state index in [1.807, 2.05) is 0 Å². The van der Waals surface area contributed by atoms with Gasteiger partial charge in [-0.15, -0.1) is 0 Å². The number of hydrogen-bond donors (Lipinski definition) is 2. The van der Waals surface area contributed by atoms with Gasteiger partial charge in [0, 0.05) is 25.2 Å². The van der Waals surface area contributed by atoms with E-state index in [0.717, 1.165) is 0 Å². The van der Waals surface area contributed by atoms with E-state index >= 15 is 0 Å². The summed E-state index contributed by atoms with van der Waals surface area (Å²) in [6.07, 6.45) is 0. The van der Waals surface area contributed by atoms with Crippen LogP contribution in [0.2, 0.25) is 0 Å². The number of ketones is 1. The monoisotopic (exact) mass is 286 g/mol. The van der Waals surface area contributed by atoms with E-state index in [0.29, 0.717) is 11.4 Å². The molecule has 1 aromatic carbocycles. The molecule has 0 unspecified atom stereocenters. The molecule has 0 aliphatic rings. The van der Waals surface area contributed by atoms with E-state index in [4.69, 9.17) is 4.42 Å². The van der Waals surface area contributed by atoms with Crippen molar-refractivity contribution in [1.29, 1.82) is 0 Å². The van der Waals surface area contributed by atoms with Crippen molar-refractivity contribution in [3.63, 3.8) is 0 Å². The lowest BCUT2D eigenvalue weighted by Gasteiger charge is -2.05. The van der Waals surface area contributed by atoms with Gasteiger partial charge in [-0.1, -0.05) is 0 Å². The number of nitrogens with one attached hydrogen (secondary N) is 2. The summed E-state index contributed by atoms with van der Waals surface area (Å²) in [5, 5.41) is 5.26. The Morgan fingerprint density at radius 2 is 1.33 bits per heavy atom. The van der Waals surface area contributed by atoms with Crippen molar-refractivity contribution in [2.75, 3.05) is 10.6 Å². The van der Waals surface area contributed by atoms with E-state index in [-0.39, 0.29) is 23.2 Å². The van der Waals surface area contributed by atoms with Gasteiger partial charge in [-0.3, -0.25) is 14.4 Å². The molecule has 0 bridgehead atoms. The summed E-state index contributed by atoms with van der Waals surface area (Å²) in [6.45, 7) is 2.78. The minimum absolute atomic E-state index is 0.0612. The summed E-state index contributed by atoms with van der Waals surface area (Å²) in [6, 6.07) is 9.53. The standard InChI is InChI=1S/C15H14N2O4/c1-9(18)13-7-8-14(21-13)15(20)17-12-5-3-11(4-6-12)16-10(2)19/h3-8H,1-2H3,(H,16,19)(H,17,20). The first-order chi connectivity index (χ1) is 9.95. The molecule has 0 spiro atoms. The molecule has 1 aromatic heterocycles. The van der Waals surface area contributed by atoms with Crippen LogP contribution in [0.5, 0.6) is 0 Å². The van der Waals surface area contributed by atoms with Gasteiger partial charge in [-0.2, -0.15) is 0 Å². The van der Waals surface area contributed by atoms with Crippen molar-refractivity contribution in [3.8, 4) is 0 Å². The molecule has 21 heavy (non-hydrogen) atoms. The molecule has 2 aromatic rings. The average Bonchev–Trinajstić information content (AvgIpc) is 2.90. The van der Waals surface area contributed by atoms with Gasteiger partial charge in [0.05, 0.1) is 0 Å². The number of Topliss-reactive ketones (excluding diaryl/α,β-unsaturated/α-hetero) is 1. The van der Waals surface area contributed by atoms with Crippen molar-refractivity contribution in [2.45, 2.75) is 13.8 Å². The second kappa shape index (κ2) is 6.04. The summed E-state index contributed by atoms with van der Waals surface area (Å²) in [5.74, 6) is -0.657. The fraction of sp³-hybridized carbons (Fsp3) is 0.133. The summed E-state index contributed by atoms with van der Waals surface area (Å²) in [5.41, 5.74) is 1.19. The zero-order valence-electron chi connectivity index (χ0n) is 11.6. The van der Waals surface area contributed by atoms with Crippen LogP contribution in [-0.4, -0.2) is 17.6 Å². The topological polar surface area (TPSA) is 88.4 Å². The fourth-order valence-electron chi connectivity index (χ4n) is 1.68. The summed E-state index contributed by atoms with van der Waals surface area (Å²) in [4.78, 5) is 33.9. The van der Waals surface area contributed by atoms with Crippen LogP contribution in [0.4, 0.5) is 11.4 Å². The molecule has 2 N–H and O–H groups in total. The molecule has 0 radical (unpaired) electrons. The Bertz CT molecular complexity index is 686. The molecule has 2 amide bonds. The average molecular weight is 286 g/mol. The largest absolute Gasteiger partial charge is 0.448 e. The first-order valence-electron chi connectivity index (χ1n) is 6.25. The number of anilines is 2. The van der Waals surface area contributed by atoms with Crippen LogP contribution in [0.3, 0.4) is 0 Å². The second-order valence-electron chi connectivity index (χ2n) is 4.43. The molecule has 0 aliphatic carbocycles. The molecule has 1 heterocycles. The van der Waals surface area contributed by atoms with Gasteiger partial charge in [0.15, 0.2) is 17.3 Å². The highest BCUT2D eigenvalue weighted by Gasteiger charge is 2.13. The van der Waals surface area contributed by atoms with E-state index in [2.05, 4.69) is 10.6 Å². The van der Waals surface area contributed by atoms with Crippen LogP contribution in [0.15, 0.2) is 40.8 Å². The smallest absolute Gasteiger partial charge is 0.291 e. The van der Waals surface area contributed by atoms with Gasteiger partial charge in [-0.05, 0) is 36.4 Å². The fourth-order valence-corrected chi connectivity index (χ4v) is 1.68. The Morgan fingerprint density at radius 1 is 0.810 bits per heavy atom. The Morgan fingerprint density at radius 3 is 1.81 bits per heavy atom. The highest BCUT2D eigenvalue weighted by molar-refractivity contribution is 6.03. The Kier molecular flexibility index (Phi) is 4.18. The molecule has 0 atom stereocenters. The highest BCUT2D eigenvalue weighted by atomic mass is 16.4. The van der Waals surface area contributed by atoms with E-state index in [1.54, 1.807) is 24.3 Å². The first kappa shape index (κ1) is 14.5. The zero-order valence-corrected chi connectivity index (χ0v) is 11.6. The molecule has 108 valence electrons. The number of hydrogen-bond acceptors (Lipinski definition) is 4. The third-order valence-corrected chi connectivity index (χ3v) is 2.64. The minimum atomic E-state index is -0.449. The number of rotatable bonds is 4. The lowest BCUT2D eigenvalue weighted by atomic mass is 10.2. The quantitative estimate of drug-likeness (QED) is 0.846. The van der Waals surface area contributed by atoms with E-state index < -0.39 is 5.91 Å². The van der Waals surface area contributed by atoms with Crippen molar-refractivity contribution in [1.82, 2.24) is 0 Å². The first-order valence-corrected chi connectivity index (χ1v) is 6.25. The number of amides is 2. The summed E-state index contributed by atoms with van der Waals surface area (Å²) < 4.78 is 5.14. The van der Waals surface area contributed by atoms with Crippen LogP contribution in [0.25, 0.3) is 0 Å². The molecule has 0 saturated heterocycles. The molecule has 0 saturated carbocycles. The molecule has 2 rings (SSSR count). The van der Waals surface area contributed by atoms with Crippen LogP contribution in [0.1, 0.15) is 35.0 Å². The van der Waals surface area contributed by atoms with Gasteiger partial charge in [0.2, 0.25) is 5.91 Å². The van der Waals surface area contributed by atoms with Crippen molar-refractivity contribution in [3.05, 3.63) is 47.9 Å². The maximum absolute atomic E-state index is 11.9. The van der Waals surface area contributed by atoms with Gasteiger partial charge in [0.25, 0.3) is 5.91 Å². The van der Waals surface area contributed by atoms with Gasteiger partial charge >= 0.3 is 0 Å². The van der Waals surface area contributed by atoms with Crippen LogP contribution >= 0.6 is 0 Å². The summed E-state index contributed by atoms with van der Waals surface area (Å²) in [7, 11) is 0. The molecular weight excluding hydrogens is 272 g/mol. The normalized spacial score (nSPS) is 10.0. The van der Waals surface area contributed by atoms with Crippen LogP contribution in [0, 0.1) is 0 Å². The van der Waals surface area contributed by atoms with E-state index in [9.17, 15) is 14.4 Å². The predicted octanol–water partition coefficient (Wildman–Crippen LogP) is 2.69. The lowest BCUT2D eigenvalue weighted by Crippen LogP contribution is -2.11. The number of furan rings is 1. The maximum Gasteiger partial charge on any atom is 0.291 e. The maximum atomic E-state index is 11.9. The molecule has 0 aliphatic heterocycles.